The lowest BCUT2D eigenvalue weighted by Gasteiger charge is -2.12. The molecular weight excluding hydrogens is 124 g/mol. The Balaban J connectivity index is 2.11. The van der Waals surface area contributed by atoms with Crippen molar-refractivity contribution < 1.29 is 0 Å². The van der Waals surface area contributed by atoms with Crippen LogP contribution in [0.4, 0.5) is 0 Å². The lowest BCUT2D eigenvalue weighted by atomic mass is 9.95. The molecule has 60 valence electrons. The molecule has 0 aromatic heterocycles. The number of nitrogens with one attached hydrogen (secondary N) is 1. The molecule has 1 aliphatic rings. The zero-order chi connectivity index (χ0) is 7.40. The molecule has 1 rings (SSSR count). The standard InChI is InChI=1S/C8H18N2/c1-7(5-9)4-8-2-3-10-6-8/h7-8,10H,2-6,9H2,1H3. The predicted octanol–water partition coefficient (Wildman–Crippen LogP) is 0.581. The van der Waals surface area contributed by atoms with E-state index in [1.165, 1.54) is 25.9 Å². The van der Waals surface area contributed by atoms with Crippen LogP contribution in [-0.4, -0.2) is 19.6 Å². The van der Waals surface area contributed by atoms with Crippen molar-refractivity contribution in [2.75, 3.05) is 19.6 Å². The summed E-state index contributed by atoms with van der Waals surface area (Å²) in [6.45, 7) is 5.50. The SMILES string of the molecule is CC(CN)CC1CCNC1. The zero-order valence-corrected chi connectivity index (χ0v) is 6.77. The molecule has 2 heteroatoms. The van der Waals surface area contributed by atoms with Gasteiger partial charge in [0, 0.05) is 0 Å². The van der Waals surface area contributed by atoms with E-state index in [0.29, 0.717) is 5.92 Å². The van der Waals surface area contributed by atoms with Gasteiger partial charge >= 0.3 is 0 Å². The second-order valence-electron chi connectivity index (χ2n) is 3.44. The summed E-state index contributed by atoms with van der Waals surface area (Å²) in [5.74, 6) is 1.61. The van der Waals surface area contributed by atoms with Crippen LogP contribution in [0.15, 0.2) is 0 Å². The second kappa shape index (κ2) is 3.94. The number of hydrogen-bond donors (Lipinski definition) is 2. The van der Waals surface area contributed by atoms with Crippen LogP contribution >= 0.6 is 0 Å². The van der Waals surface area contributed by atoms with Gasteiger partial charge in [0.25, 0.3) is 0 Å². The van der Waals surface area contributed by atoms with Gasteiger partial charge in [-0.25, -0.2) is 0 Å². The summed E-state index contributed by atoms with van der Waals surface area (Å²) in [6, 6.07) is 0. The van der Waals surface area contributed by atoms with Crippen LogP contribution in [0, 0.1) is 11.8 Å². The Morgan fingerprint density at radius 2 is 2.50 bits per heavy atom. The Morgan fingerprint density at radius 1 is 1.70 bits per heavy atom. The Hall–Kier alpha value is -0.0800. The maximum Gasteiger partial charge on any atom is -0.00199 e. The first kappa shape index (κ1) is 8.02. The Labute approximate surface area is 63.2 Å². The summed E-state index contributed by atoms with van der Waals surface area (Å²) in [5.41, 5.74) is 5.53. The van der Waals surface area contributed by atoms with Gasteiger partial charge in [0.15, 0.2) is 0 Å². The normalized spacial score (nSPS) is 28.8. The van der Waals surface area contributed by atoms with E-state index in [1.54, 1.807) is 0 Å². The van der Waals surface area contributed by atoms with Crippen molar-refractivity contribution in [3.8, 4) is 0 Å². The lowest BCUT2D eigenvalue weighted by molar-refractivity contribution is 0.420. The molecule has 0 spiro atoms. The highest BCUT2D eigenvalue weighted by atomic mass is 14.9. The third-order valence-electron chi connectivity index (χ3n) is 2.30. The predicted molar refractivity (Wildman–Crippen MR) is 43.8 cm³/mol. The molecule has 0 aromatic rings. The number of nitrogens with two attached hydrogens (primary N) is 1. The van der Waals surface area contributed by atoms with E-state index in [9.17, 15) is 0 Å². The molecule has 2 nitrogen and oxygen atoms in total. The van der Waals surface area contributed by atoms with E-state index >= 15 is 0 Å². The van der Waals surface area contributed by atoms with Gasteiger partial charge < -0.3 is 11.1 Å². The highest BCUT2D eigenvalue weighted by molar-refractivity contribution is 4.73. The summed E-state index contributed by atoms with van der Waals surface area (Å²) in [4.78, 5) is 0. The minimum atomic E-state index is 0.713. The fourth-order valence-corrected chi connectivity index (χ4v) is 1.58. The van der Waals surface area contributed by atoms with Crippen LogP contribution in [0.2, 0.25) is 0 Å². The topological polar surface area (TPSA) is 38.0 Å². The summed E-state index contributed by atoms with van der Waals surface area (Å²) in [5, 5.41) is 3.36. The third-order valence-corrected chi connectivity index (χ3v) is 2.30. The molecule has 1 aliphatic heterocycles. The number of hydrogen-bond acceptors (Lipinski definition) is 2. The van der Waals surface area contributed by atoms with E-state index in [-0.39, 0.29) is 0 Å². The quantitative estimate of drug-likeness (QED) is 0.605. The van der Waals surface area contributed by atoms with E-state index in [4.69, 9.17) is 5.73 Å². The molecule has 0 aromatic carbocycles. The first-order valence-corrected chi connectivity index (χ1v) is 4.23. The van der Waals surface area contributed by atoms with E-state index < -0.39 is 0 Å². The van der Waals surface area contributed by atoms with Gasteiger partial charge in [-0.15, -0.1) is 0 Å². The maximum atomic E-state index is 5.53. The highest BCUT2D eigenvalue weighted by Crippen LogP contribution is 2.16. The summed E-state index contributed by atoms with van der Waals surface area (Å²) in [6.07, 6.45) is 2.66. The van der Waals surface area contributed by atoms with Crippen molar-refractivity contribution in [1.82, 2.24) is 5.32 Å². The van der Waals surface area contributed by atoms with Gasteiger partial charge in [0.05, 0.1) is 0 Å². The minimum absolute atomic E-state index is 0.713. The third kappa shape index (κ3) is 2.27. The van der Waals surface area contributed by atoms with Crippen molar-refractivity contribution >= 4 is 0 Å². The molecule has 3 N–H and O–H groups in total. The lowest BCUT2D eigenvalue weighted by Crippen LogP contribution is -2.16. The van der Waals surface area contributed by atoms with Crippen LogP contribution in [0.25, 0.3) is 0 Å². The zero-order valence-electron chi connectivity index (χ0n) is 6.77. The van der Waals surface area contributed by atoms with Gasteiger partial charge in [-0.2, -0.15) is 0 Å². The maximum absolute atomic E-state index is 5.53. The molecular formula is C8H18N2. The minimum Gasteiger partial charge on any atom is -0.330 e. The monoisotopic (exact) mass is 142 g/mol. The Bertz CT molecular complexity index is 87.3. The molecule has 0 amide bonds. The molecule has 0 bridgehead atoms. The molecule has 1 saturated heterocycles. The fourth-order valence-electron chi connectivity index (χ4n) is 1.58. The average molecular weight is 142 g/mol. The van der Waals surface area contributed by atoms with Crippen molar-refractivity contribution in [1.29, 1.82) is 0 Å². The van der Waals surface area contributed by atoms with E-state index in [0.717, 1.165) is 12.5 Å². The highest BCUT2D eigenvalue weighted by Gasteiger charge is 2.16. The van der Waals surface area contributed by atoms with Gasteiger partial charge in [-0.3, -0.25) is 0 Å². The van der Waals surface area contributed by atoms with Crippen molar-refractivity contribution in [2.24, 2.45) is 17.6 Å². The molecule has 2 unspecified atom stereocenters. The van der Waals surface area contributed by atoms with Crippen molar-refractivity contribution in [3.05, 3.63) is 0 Å². The summed E-state index contributed by atoms with van der Waals surface area (Å²) < 4.78 is 0. The molecule has 2 atom stereocenters. The molecule has 10 heavy (non-hydrogen) atoms. The van der Waals surface area contributed by atoms with Crippen LogP contribution in [0.3, 0.4) is 0 Å². The van der Waals surface area contributed by atoms with Gasteiger partial charge in [-0.05, 0) is 44.3 Å². The van der Waals surface area contributed by atoms with E-state index in [1.807, 2.05) is 0 Å². The summed E-state index contributed by atoms with van der Waals surface area (Å²) in [7, 11) is 0. The summed E-state index contributed by atoms with van der Waals surface area (Å²) >= 11 is 0. The average Bonchev–Trinajstić information content (AvgIpc) is 2.40. The van der Waals surface area contributed by atoms with Crippen LogP contribution in [-0.2, 0) is 0 Å². The Morgan fingerprint density at radius 3 is 3.00 bits per heavy atom. The van der Waals surface area contributed by atoms with Gasteiger partial charge in [-0.1, -0.05) is 6.92 Å². The first-order valence-electron chi connectivity index (χ1n) is 4.23. The second-order valence-corrected chi connectivity index (χ2v) is 3.44. The van der Waals surface area contributed by atoms with E-state index in [2.05, 4.69) is 12.2 Å². The van der Waals surface area contributed by atoms with Crippen LogP contribution in [0.5, 0.6) is 0 Å². The van der Waals surface area contributed by atoms with Gasteiger partial charge in [0.1, 0.15) is 0 Å². The fraction of sp³-hybridized carbons (Fsp3) is 1.00. The molecule has 0 aliphatic carbocycles. The van der Waals surface area contributed by atoms with Gasteiger partial charge in [0.2, 0.25) is 0 Å². The molecule has 0 radical (unpaired) electrons. The van der Waals surface area contributed by atoms with Crippen molar-refractivity contribution in [2.45, 2.75) is 19.8 Å². The van der Waals surface area contributed by atoms with Crippen molar-refractivity contribution in [3.63, 3.8) is 0 Å². The smallest absolute Gasteiger partial charge is 0.00199 e. The molecule has 1 heterocycles. The molecule has 0 saturated carbocycles. The first-order chi connectivity index (χ1) is 4.83. The number of rotatable bonds is 3. The Kier molecular flexibility index (Phi) is 3.16. The largest absolute Gasteiger partial charge is 0.330 e. The molecule has 1 fully saturated rings. The van der Waals surface area contributed by atoms with Crippen LogP contribution in [0.1, 0.15) is 19.8 Å². The van der Waals surface area contributed by atoms with Crippen LogP contribution < -0.4 is 11.1 Å².